The van der Waals surface area contributed by atoms with Crippen LogP contribution in [0.2, 0.25) is 0 Å². The minimum atomic E-state index is -0.451. The second kappa shape index (κ2) is 10.2. The van der Waals surface area contributed by atoms with Gasteiger partial charge in [0.2, 0.25) is 5.82 Å². The maximum atomic E-state index is 13.0. The van der Waals surface area contributed by atoms with Gasteiger partial charge in [-0.1, -0.05) is 59.8 Å². The van der Waals surface area contributed by atoms with Crippen LogP contribution in [0.15, 0.2) is 77.3 Å². The lowest BCUT2D eigenvalue weighted by Gasteiger charge is -2.22. The maximum absolute atomic E-state index is 13.0. The molecule has 3 aromatic carbocycles. The van der Waals surface area contributed by atoms with E-state index < -0.39 is 6.03 Å². The molecular weight excluding hydrogens is 482 g/mol. The number of rotatable bonds is 5. The van der Waals surface area contributed by atoms with E-state index in [1.807, 2.05) is 48.5 Å². The van der Waals surface area contributed by atoms with Crippen LogP contribution in [-0.4, -0.2) is 38.4 Å². The molecule has 0 saturated carbocycles. The van der Waals surface area contributed by atoms with Crippen molar-refractivity contribution in [2.75, 3.05) is 17.2 Å². The summed E-state index contributed by atoms with van der Waals surface area (Å²) in [7, 11) is 0. The zero-order chi connectivity index (χ0) is 25.9. The molecule has 1 atom stereocenters. The molecule has 0 saturated heterocycles. The number of tetrazole rings is 1. The number of benzene rings is 3. The van der Waals surface area contributed by atoms with Gasteiger partial charge >= 0.3 is 6.03 Å². The predicted molar refractivity (Wildman–Crippen MR) is 142 cm³/mol. The number of hydrogen-bond acceptors (Lipinski definition) is 7. The number of ether oxygens (including phenoxy) is 1. The quantitative estimate of drug-likeness (QED) is 0.275. The van der Waals surface area contributed by atoms with Crippen molar-refractivity contribution in [3.05, 3.63) is 89.7 Å². The van der Waals surface area contributed by atoms with Crippen LogP contribution < -0.4 is 15.4 Å². The predicted octanol–water partition coefficient (Wildman–Crippen LogP) is 5.78. The molecular formula is C28H25N7O3. The van der Waals surface area contributed by atoms with E-state index in [0.717, 1.165) is 35.1 Å². The first-order chi connectivity index (χ1) is 18.7. The number of nitrogens with one attached hydrogen (secondary N) is 3. The molecule has 190 valence electrons. The van der Waals surface area contributed by atoms with E-state index in [1.54, 1.807) is 13.0 Å². The Bertz CT molecular complexity index is 1560. The van der Waals surface area contributed by atoms with Crippen LogP contribution in [0.4, 0.5) is 16.3 Å². The maximum Gasteiger partial charge on any atom is 0.325 e. The fourth-order valence-corrected chi connectivity index (χ4v) is 4.87. The third-order valence-corrected chi connectivity index (χ3v) is 6.52. The van der Waals surface area contributed by atoms with Crippen LogP contribution in [0.1, 0.15) is 35.6 Å². The molecule has 10 nitrogen and oxygen atoms in total. The Morgan fingerprint density at radius 3 is 2.58 bits per heavy atom. The lowest BCUT2D eigenvalue weighted by molar-refractivity contribution is 0.261. The first-order valence-electron chi connectivity index (χ1n) is 12.4. The number of fused-ring (bicyclic) bond motifs is 1. The zero-order valence-electron chi connectivity index (χ0n) is 20.6. The largest absolute Gasteiger partial charge is 0.491 e. The summed E-state index contributed by atoms with van der Waals surface area (Å²) in [5.74, 6) is 2.16. The van der Waals surface area contributed by atoms with Crippen molar-refractivity contribution >= 4 is 17.5 Å². The lowest BCUT2D eigenvalue weighted by atomic mass is 9.85. The smallest absolute Gasteiger partial charge is 0.325 e. The number of anilines is 2. The van der Waals surface area contributed by atoms with Crippen LogP contribution in [-0.2, 0) is 0 Å². The van der Waals surface area contributed by atoms with Gasteiger partial charge in [0, 0.05) is 23.1 Å². The average molecular weight is 508 g/mol. The molecule has 0 fully saturated rings. The normalized spacial score (nSPS) is 14.7. The van der Waals surface area contributed by atoms with Crippen LogP contribution >= 0.6 is 0 Å². The van der Waals surface area contributed by atoms with Crippen molar-refractivity contribution in [3.63, 3.8) is 0 Å². The molecule has 0 spiro atoms. The standard InChI is InChI=1S/C28H25N7O3/c1-17-14-25(33-38-17)30-28(36)29-24-16-19(21-10-5-6-11-22(21)27-31-34-35-32-27)15-23-20(12-7-13-37-26(23)24)18-8-3-2-4-9-18/h2-6,8-11,14-16,20H,7,12-13H2,1H3,(H2,29,30,33,36)(H,31,32,34,35). The Balaban J connectivity index is 1.48. The number of urea groups is 1. The fourth-order valence-electron chi connectivity index (χ4n) is 4.87. The Labute approximate surface area is 218 Å². The molecule has 10 heteroatoms. The van der Waals surface area contributed by atoms with Crippen molar-refractivity contribution in [2.24, 2.45) is 0 Å². The summed E-state index contributed by atoms with van der Waals surface area (Å²) < 4.78 is 11.3. The number of nitrogens with zero attached hydrogens (tertiary/aromatic N) is 4. The molecule has 38 heavy (non-hydrogen) atoms. The van der Waals surface area contributed by atoms with E-state index >= 15 is 0 Å². The molecule has 2 aromatic heterocycles. The van der Waals surface area contributed by atoms with Gasteiger partial charge in [-0.05, 0) is 53.8 Å². The summed E-state index contributed by atoms with van der Waals surface area (Å²) in [4.78, 5) is 13.0. The molecule has 0 bridgehead atoms. The number of aromatic amines is 1. The Kier molecular flexibility index (Phi) is 6.27. The third-order valence-electron chi connectivity index (χ3n) is 6.52. The molecule has 1 unspecified atom stereocenters. The lowest BCUT2D eigenvalue weighted by Crippen LogP contribution is -2.20. The van der Waals surface area contributed by atoms with Gasteiger partial charge in [-0.25, -0.2) is 4.79 Å². The molecule has 3 heterocycles. The molecule has 6 rings (SSSR count). The minimum Gasteiger partial charge on any atom is -0.491 e. The van der Waals surface area contributed by atoms with Gasteiger partial charge in [0.25, 0.3) is 0 Å². The zero-order valence-corrected chi connectivity index (χ0v) is 20.6. The first kappa shape index (κ1) is 23.4. The highest BCUT2D eigenvalue weighted by atomic mass is 16.5. The first-order valence-corrected chi connectivity index (χ1v) is 12.4. The third kappa shape index (κ3) is 4.71. The molecule has 5 aromatic rings. The van der Waals surface area contributed by atoms with Gasteiger partial charge in [-0.3, -0.25) is 5.32 Å². The highest BCUT2D eigenvalue weighted by Gasteiger charge is 2.26. The molecule has 1 aliphatic heterocycles. The minimum absolute atomic E-state index is 0.0905. The molecule has 0 radical (unpaired) electrons. The SMILES string of the molecule is Cc1cc(NC(=O)Nc2cc(-c3ccccc3-c3nn[nH]n3)cc3c2OCCCC3c2ccccc2)no1. The molecule has 1 aliphatic rings. The number of H-pyrrole nitrogens is 1. The van der Waals surface area contributed by atoms with Gasteiger partial charge in [0.05, 0.1) is 12.3 Å². The van der Waals surface area contributed by atoms with E-state index in [2.05, 4.69) is 54.6 Å². The van der Waals surface area contributed by atoms with E-state index in [-0.39, 0.29) is 5.92 Å². The number of hydrogen-bond donors (Lipinski definition) is 3. The van der Waals surface area contributed by atoms with E-state index in [0.29, 0.717) is 35.4 Å². The van der Waals surface area contributed by atoms with Crippen molar-refractivity contribution < 1.29 is 14.1 Å². The highest BCUT2D eigenvalue weighted by molar-refractivity contribution is 6.01. The van der Waals surface area contributed by atoms with E-state index in [4.69, 9.17) is 9.26 Å². The van der Waals surface area contributed by atoms with E-state index in [9.17, 15) is 4.79 Å². The average Bonchev–Trinajstić information content (AvgIpc) is 3.56. The van der Waals surface area contributed by atoms with Crippen LogP contribution in [0.5, 0.6) is 5.75 Å². The van der Waals surface area contributed by atoms with Gasteiger partial charge in [-0.15, -0.1) is 10.2 Å². The Morgan fingerprint density at radius 1 is 1.00 bits per heavy atom. The fraction of sp³-hybridized carbons (Fsp3) is 0.179. The summed E-state index contributed by atoms with van der Waals surface area (Å²) in [5, 5.41) is 24.2. The number of carbonyl (C=O) groups is 1. The van der Waals surface area contributed by atoms with Crippen LogP contribution in [0.25, 0.3) is 22.5 Å². The van der Waals surface area contributed by atoms with Crippen LogP contribution in [0, 0.1) is 6.92 Å². The highest BCUT2D eigenvalue weighted by Crippen LogP contribution is 2.45. The number of amides is 2. The number of aromatic nitrogens is 5. The van der Waals surface area contributed by atoms with Gasteiger partial charge in [0.1, 0.15) is 11.5 Å². The summed E-state index contributed by atoms with van der Waals surface area (Å²) in [6.45, 7) is 2.31. The second-order valence-electron chi connectivity index (χ2n) is 9.08. The summed E-state index contributed by atoms with van der Waals surface area (Å²) >= 11 is 0. The van der Waals surface area contributed by atoms with Crippen molar-refractivity contribution in [1.29, 1.82) is 0 Å². The van der Waals surface area contributed by atoms with Crippen LogP contribution in [0.3, 0.4) is 0 Å². The van der Waals surface area contributed by atoms with E-state index in [1.165, 1.54) is 5.56 Å². The van der Waals surface area contributed by atoms with Crippen molar-refractivity contribution in [1.82, 2.24) is 25.8 Å². The van der Waals surface area contributed by atoms with Gasteiger partial charge in [0.15, 0.2) is 5.82 Å². The van der Waals surface area contributed by atoms with Gasteiger partial charge < -0.3 is 14.6 Å². The molecule has 0 aliphatic carbocycles. The van der Waals surface area contributed by atoms with Crippen molar-refractivity contribution in [2.45, 2.75) is 25.7 Å². The summed E-state index contributed by atoms with van der Waals surface area (Å²) in [6, 6.07) is 23.5. The van der Waals surface area contributed by atoms with Gasteiger partial charge in [-0.2, -0.15) is 5.21 Å². The molecule has 2 amide bonds. The monoisotopic (exact) mass is 507 g/mol. The van der Waals surface area contributed by atoms with Crippen molar-refractivity contribution in [3.8, 4) is 28.3 Å². The molecule has 3 N–H and O–H groups in total. The number of carbonyl (C=O) groups excluding carboxylic acids is 1. The second-order valence-corrected chi connectivity index (χ2v) is 9.08. The topological polar surface area (TPSA) is 131 Å². The Hall–Kier alpha value is -4.99. The number of aryl methyl sites for hydroxylation is 1. The summed E-state index contributed by atoms with van der Waals surface area (Å²) in [6.07, 6.45) is 1.80. The Morgan fingerprint density at radius 2 is 1.82 bits per heavy atom. The summed E-state index contributed by atoms with van der Waals surface area (Å²) in [5.41, 5.74) is 5.37.